The van der Waals surface area contributed by atoms with E-state index in [-0.39, 0.29) is 169 Å². The van der Waals surface area contributed by atoms with Crippen LogP contribution in [0.15, 0.2) is 0 Å². The van der Waals surface area contributed by atoms with Gasteiger partial charge < -0.3 is 0 Å². The van der Waals surface area contributed by atoms with Gasteiger partial charge in [-0.15, -0.1) is 0 Å². The molecule has 1 atom stereocenters. The van der Waals surface area contributed by atoms with Crippen LogP contribution in [0.3, 0.4) is 0 Å². The summed E-state index contributed by atoms with van der Waals surface area (Å²) in [5, 5.41) is 0. The molecule has 0 amide bonds. The van der Waals surface area contributed by atoms with E-state index in [1.165, 1.54) is 0 Å². The van der Waals surface area contributed by atoms with E-state index in [2.05, 4.69) is 0 Å². The van der Waals surface area contributed by atoms with Crippen molar-refractivity contribution in [1.29, 1.82) is 0 Å². The number of rotatable bonds is 0. The van der Waals surface area contributed by atoms with Crippen molar-refractivity contribution >= 4 is 152 Å². The SMILES string of the molecule is P.[CaH2].[Fe].[KH].[MgH2].[NaH]. The van der Waals surface area contributed by atoms with Crippen molar-refractivity contribution < 1.29 is 17.1 Å². The first-order valence-corrected chi connectivity index (χ1v) is 0. The van der Waals surface area contributed by atoms with Crippen LogP contribution in [-0.2, 0) is 17.1 Å². The van der Waals surface area contributed by atoms with Crippen LogP contribution >= 0.6 is 9.90 Å². The fourth-order valence-corrected chi connectivity index (χ4v) is 0. The molecule has 0 aromatic rings. The molecule has 0 rings (SSSR count). The molecule has 6 heteroatoms. The molecule has 0 nitrogen and oxygen atoms in total. The predicted molar refractivity (Wildman–Crippen MR) is 42.5 cm³/mol. The zero-order chi connectivity index (χ0) is 0. The Labute approximate surface area is 163 Å². The molecule has 0 spiro atoms. The third-order valence-electron chi connectivity index (χ3n) is 0. The van der Waals surface area contributed by atoms with E-state index in [1.54, 1.807) is 0 Å². The molecule has 0 aliphatic heterocycles. The van der Waals surface area contributed by atoms with Gasteiger partial charge in [-0.05, 0) is 0 Å². The third-order valence-corrected chi connectivity index (χ3v) is 0. The van der Waals surface area contributed by atoms with Crippen LogP contribution in [0.4, 0.5) is 0 Å². The Morgan fingerprint density at radius 3 is 1.00 bits per heavy atom. The van der Waals surface area contributed by atoms with Gasteiger partial charge in [0.05, 0.1) is 0 Å². The van der Waals surface area contributed by atoms with E-state index in [0.29, 0.717) is 0 Å². The van der Waals surface area contributed by atoms with E-state index in [1.807, 2.05) is 0 Å². The van der Waals surface area contributed by atoms with Gasteiger partial charge in [0.2, 0.25) is 0 Å². The van der Waals surface area contributed by atoms with Gasteiger partial charge in [-0.25, -0.2) is 0 Å². The molecule has 28 valence electrons. The molecule has 0 radical (unpaired) electrons. The van der Waals surface area contributed by atoms with Crippen molar-refractivity contribution in [2.75, 3.05) is 0 Å². The zero-order valence-corrected chi connectivity index (χ0v) is 3.58. The summed E-state index contributed by atoms with van der Waals surface area (Å²) in [5.41, 5.74) is 0. The van der Waals surface area contributed by atoms with Crippen LogP contribution in [-0.4, -0.2) is 142 Å². The summed E-state index contributed by atoms with van der Waals surface area (Å²) in [6, 6.07) is 0. The second-order valence-corrected chi connectivity index (χ2v) is 0. The molecule has 0 aromatic heterocycles. The van der Waals surface area contributed by atoms with Crippen LogP contribution in [0.1, 0.15) is 0 Å². The monoisotopic (exact) mass is 222 g/mol. The Morgan fingerprint density at radius 1 is 1.00 bits per heavy atom. The van der Waals surface area contributed by atoms with Crippen molar-refractivity contribution in [2.24, 2.45) is 0 Å². The van der Waals surface area contributed by atoms with E-state index >= 15 is 0 Å². The molecule has 0 heterocycles. The Hall–Kier alpha value is 5.61. The minimum atomic E-state index is 0. The van der Waals surface area contributed by atoms with Crippen LogP contribution in [0.5, 0.6) is 0 Å². The Balaban J connectivity index is 0. The van der Waals surface area contributed by atoms with Gasteiger partial charge in [-0.3, -0.25) is 0 Å². The topological polar surface area (TPSA) is 0 Å². The molecule has 0 bridgehead atoms. The number of hydrogen-bond donors (Lipinski definition) is 0. The van der Waals surface area contributed by atoms with E-state index < -0.39 is 0 Å². The standard InChI is InChI=1S/Ca.Fe.K.Mg.Na.H3P.6H/h;;;;;1H3;;;;;;. The molecular formula is H9CaFeKMgNaP. The first-order valence-electron chi connectivity index (χ1n) is 0. The van der Waals surface area contributed by atoms with Gasteiger partial charge in [0.1, 0.15) is 0 Å². The van der Waals surface area contributed by atoms with E-state index in [9.17, 15) is 0 Å². The van der Waals surface area contributed by atoms with Crippen LogP contribution in [0.2, 0.25) is 0 Å². The van der Waals surface area contributed by atoms with Crippen LogP contribution in [0.25, 0.3) is 0 Å². The molecule has 0 N–H and O–H groups in total. The minimum absolute atomic E-state index is 0. The van der Waals surface area contributed by atoms with Crippen molar-refractivity contribution in [3.8, 4) is 0 Å². The van der Waals surface area contributed by atoms with Gasteiger partial charge >= 0.3 is 142 Å². The van der Waals surface area contributed by atoms with Gasteiger partial charge in [0.25, 0.3) is 0 Å². The van der Waals surface area contributed by atoms with Gasteiger partial charge in [-0.2, -0.15) is 9.90 Å². The molecule has 1 unspecified atom stereocenters. The maximum absolute atomic E-state index is 0. The second-order valence-electron chi connectivity index (χ2n) is 0. The summed E-state index contributed by atoms with van der Waals surface area (Å²) in [6.07, 6.45) is 0. The Morgan fingerprint density at radius 2 is 1.00 bits per heavy atom. The molecule has 0 fully saturated rings. The van der Waals surface area contributed by atoms with Crippen molar-refractivity contribution in [1.82, 2.24) is 0 Å². The van der Waals surface area contributed by atoms with Gasteiger partial charge in [0.15, 0.2) is 0 Å². The first kappa shape index (κ1) is 41.5. The average molecular weight is 222 g/mol. The quantitative estimate of drug-likeness (QED) is 0.301. The number of hydrogen-bond acceptors (Lipinski definition) is 0. The summed E-state index contributed by atoms with van der Waals surface area (Å²) in [7, 11) is 0. The van der Waals surface area contributed by atoms with Crippen molar-refractivity contribution in [3.63, 3.8) is 0 Å². The Kier molecular flexibility index (Phi) is 215. The molecule has 0 saturated carbocycles. The molecule has 6 heavy (non-hydrogen) atoms. The van der Waals surface area contributed by atoms with Crippen molar-refractivity contribution in [3.05, 3.63) is 0 Å². The molecule has 0 aliphatic carbocycles. The maximum atomic E-state index is 0. The summed E-state index contributed by atoms with van der Waals surface area (Å²) in [6.45, 7) is 0. The average Bonchev–Trinajstić information content (AvgIpc) is 0. The third kappa shape index (κ3) is 22.6. The normalized spacial score (nSPS) is 0. The fraction of sp³-hybridized carbons (Fsp3) is 0. The van der Waals surface area contributed by atoms with Gasteiger partial charge in [-0.1, -0.05) is 0 Å². The molecule has 0 saturated heterocycles. The predicted octanol–water partition coefficient (Wildman–Crippen LogP) is -3.07. The van der Waals surface area contributed by atoms with Crippen molar-refractivity contribution in [2.45, 2.75) is 0 Å². The fourth-order valence-electron chi connectivity index (χ4n) is 0. The molecule has 0 aliphatic rings. The summed E-state index contributed by atoms with van der Waals surface area (Å²) in [5.74, 6) is 0. The Bertz CT molecular complexity index is 15.5. The van der Waals surface area contributed by atoms with Crippen LogP contribution < -0.4 is 0 Å². The molecule has 0 aromatic carbocycles. The van der Waals surface area contributed by atoms with E-state index in [4.69, 9.17) is 0 Å². The summed E-state index contributed by atoms with van der Waals surface area (Å²) in [4.78, 5) is 0. The van der Waals surface area contributed by atoms with Crippen LogP contribution in [0, 0.1) is 0 Å². The molecular weight excluding hydrogens is 213 g/mol. The summed E-state index contributed by atoms with van der Waals surface area (Å²) >= 11 is 0. The zero-order valence-electron chi connectivity index (χ0n) is 1.06. The van der Waals surface area contributed by atoms with Gasteiger partial charge in [0, 0.05) is 17.1 Å². The van der Waals surface area contributed by atoms with E-state index in [0.717, 1.165) is 0 Å². The summed E-state index contributed by atoms with van der Waals surface area (Å²) < 4.78 is 0. The second kappa shape index (κ2) is 31.1. The first-order chi connectivity index (χ1) is 0.